The van der Waals surface area contributed by atoms with Gasteiger partial charge in [0.1, 0.15) is 23.3 Å². The number of nitrogens with one attached hydrogen (secondary N) is 1. The van der Waals surface area contributed by atoms with E-state index in [1.807, 2.05) is 19.1 Å². The molecule has 3 rings (SSSR count). The molecular formula is C22H26N2O5S. The second-order valence-corrected chi connectivity index (χ2v) is 7.71. The van der Waals surface area contributed by atoms with Crippen molar-refractivity contribution in [3.63, 3.8) is 0 Å². The van der Waals surface area contributed by atoms with E-state index in [-0.39, 0.29) is 18.4 Å². The highest BCUT2D eigenvalue weighted by Gasteiger charge is 2.34. The minimum absolute atomic E-state index is 0.123. The Balaban J connectivity index is 1.52. The van der Waals surface area contributed by atoms with E-state index < -0.39 is 6.04 Å². The lowest BCUT2D eigenvalue weighted by molar-refractivity contribution is -0.137. The molecule has 0 bridgehead atoms. The van der Waals surface area contributed by atoms with Gasteiger partial charge in [-0.25, -0.2) is 0 Å². The van der Waals surface area contributed by atoms with Crippen molar-refractivity contribution in [2.45, 2.75) is 19.4 Å². The van der Waals surface area contributed by atoms with Gasteiger partial charge in [0.25, 0.3) is 5.91 Å². The van der Waals surface area contributed by atoms with Crippen molar-refractivity contribution in [3.05, 3.63) is 48.5 Å². The number of ether oxygens (including phenoxy) is 3. The monoisotopic (exact) mass is 430 g/mol. The molecule has 7 nitrogen and oxygen atoms in total. The third-order valence-electron chi connectivity index (χ3n) is 4.52. The van der Waals surface area contributed by atoms with Crippen molar-refractivity contribution in [1.82, 2.24) is 4.90 Å². The maximum atomic E-state index is 12.7. The van der Waals surface area contributed by atoms with Gasteiger partial charge in [0.15, 0.2) is 6.61 Å². The van der Waals surface area contributed by atoms with Crippen LogP contribution in [0.15, 0.2) is 48.5 Å². The normalized spacial score (nSPS) is 15.5. The van der Waals surface area contributed by atoms with Crippen LogP contribution in [0, 0.1) is 0 Å². The number of rotatable bonds is 9. The lowest BCUT2D eigenvalue weighted by Gasteiger charge is -2.23. The molecule has 30 heavy (non-hydrogen) atoms. The Bertz CT molecular complexity index is 842. The average molecular weight is 431 g/mol. The molecule has 0 radical (unpaired) electrons. The number of thioether (sulfide) groups is 1. The molecule has 0 saturated carbocycles. The van der Waals surface area contributed by atoms with Crippen LogP contribution in [-0.2, 0) is 9.59 Å². The number of carbonyl (C=O) groups excluding carboxylic acids is 2. The van der Waals surface area contributed by atoms with Gasteiger partial charge in [0.05, 0.1) is 19.6 Å². The van der Waals surface area contributed by atoms with Crippen molar-refractivity contribution in [3.8, 4) is 17.2 Å². The van der Waals surface area contributed by atoms with E-state index in [0.717, 1.165) is 12.2 Å². The Hall–Kier alpha value is -2.87. The Morgan fingerprint density at radius 3 is 2.30 bits per heavy atom. The second kappa shape index (κ2) is 10.8. The fourth-order valence-corrected chi connectivity index (χ4v) is 4.07. The van der Waals surface area contributed by atoms with Gasteiger partial charge in [0, 0.05) is 11.4 Å². The highest BCUT2D eigenvalue weighted by molar-refractivity contribution is 7.99. The summed E-state index contributed by atoms with van der Waals surface area (Å²) in [6.07, 6.45) is 0.938. The highest BCUT2D eigenvalue weighted by Crippen LogP contribution is 2.24. The van der Waals surface area contributed by atoms with Crippen LogP contribution in [0.5, 0.6) is 17.2 Å². The number of methoxy groups -OCH3 is 1. The summed E-state index contributed by atoms with van der Waals surface area (Å²) in [6.45, 7) is 2.58. The Morgan fingerprint density at radius 1 is 1.03 bits per heavy atom. The lowest BCUT2D eigenvalue weighted by Crippen LogP contribution is -2.46. The first kappa shape index (κ1) is 21.8. The van der Waals surface area contributed by atoms with E-state index in [2.05, 4.69) is 5.32 Å². The van der Waals surface area contributed by atoms with Gasteiger partial charge in [-0.3, -0.25) is 9.59 Å². The van der Waals surface area contributed by atoms with E-state index >= 15 is 0 Å². The molecule has 1 N–H and O–H groups in total. The van der Waals surface area contributed by atoms with Crippen LogP contribution in [-0.4, -0.2) is 54.7 Å². The van der Waals surface area contributed by atoms with Gasteiger partial charge in [-0.2, -0.15) is 0 Å². The molecule has 0 spiro atoms. The van der Waals surface area contributed by atoms with Crippen molar-refractivity contribution >= 4 is 29.3 Å². The average Bonchev–Trinajstić information content (AvgIpc) is 3.27. The summed E-state index contributed by atoms with van der Waals surface area (Å²) in [5.74, 6) is 2.64. The van der Waals surface area contributed by atoms with E-state index in [1.54, 1.807) is 60.2 Å². The van der Waals surface area contributed by atoms with Crippen LogP contribution >= 0.6 is 11.8 Å². The molecule has 2 amide bonds. The zero-order valence-electron chi connectivity index (χ0n) is 17.1. The molecule has 8 heteroatoms. The first-order chi connectivity index (χ1) is 14.6. The molecule has 1 heterocycles. The first-order valence-electron chi connectivity index (χ1n) is 9.78. The van der Waals surface area contributed by atoms with Crippen LogP contribution < -0.4 is 19.5 Å². The highest BCUT2D eigenvalue weighted by atomic mass is 32.2. The standard InChI is InChI=1S/C22H26N2O5S/c1-3-12-28-18-8-10-19(11-9-18)29-13-21(25)24-15-30-14-20(24)22(26)23-16-4-6-17(27-2)7-5-16/h4-11,20H,3,12-15H2,1-2H3,(H,23,26). The fraction of sp³-hybridized carbons (Fsp3) is 0.364. The number of nitrogens with zero attached hydrogens (tertiary/aromatic N) is 1. The topological polar surface area (TPSA) is 77.1 Å². The van der Waals surface area contributed by atoms with Crippen molar-refractivity contribution < 1.29 is 23.8 Å². The Kier molecular flexibility index (Phi) is 7.84. The quantitative estimate of drug-likeness (QED) is 0.657. The first-order valence-corrected chi connectivity index (χ1v) is 10.9. The molecule has 1 atom stereocenters. The van der Waals surface area contributed by atoms with Crippen molar-refractivity contribution in [1.29, 1.82) is 0 Å². The molecule has 2 aromatic carbocycles. The molecule has 1 saturated heterocycles. The molecule has 2 aromatic rings. The predicted octanol–water partition coefficient (Wildman–Crippen LogP) is 3.40. The summed E-state index contributed by atoms with van der Waals surface area (Å²) in [4.78, 5) is 26.9. The number of anilines is 1. The SMILES string of the molecule is CCCOc1ccc(OCC(=O)N2CSCC2C(=O)Nc2ccc(OC)cc2)cc1. The van der Waals surface area contributed by atoms with E-state index in [1.165, 1.54) is 0 Å². The molecule has 1 aliphatic rings. The molecule has 1 fully saturated rings. The van der Waals surface area contributed by atoms with Gasteiger partial charge in [-0.1, -0.05) is 6.92 Å². The van der Waals surface area contributed by atoms with Gasteiger partial charge < -0.3 is 24.4 Å². The van der Waals surface area contributed by atoms with E-state index in [4.69, 9.17) is 14.2 Å². The van der Waals surface area contributed by atoms with Gasteiger partial charge in [-0.15, -0.1) is 11.8 Å². The predicted molar refractivity (Wildman–Crippen MR) is 117 cm³/mol. The largest absolute Gasteiger partial charge is 0.497 e. The molecule has 0 aromatic heterocycles. The lowest BCUT2D eigenvalue weighted by atomic mass is 10.2. The van der Waals surface area contributed by atoms with Crippen molar-refractivity contribution in [2.75, 3.05) is 37.3 Å². The Labute approximate surface area is 180 Å². The number of carbonyl (C=O) groups is 2. The van der Waals surface area contributed by atoms with Crippen LogP contribution in [0.2, 0.25) is 0 Å². The Morgan fingerprint density at radius 2 is 1.67 bits per heavy atom. The summed E-state index contributed by atoms with van der Waals surface area (Å²) in [6, 6.07) is 13.7. The summed E-state index contributed by atoms with van der Waals surface area (Å²) in [5, 5.41) is 2.86. The zero-order valence-corrected chi connectivity index (χ0v) is 17.9. The number of benzene rings is 2. The zero-order chi connectivity index (χ0) is 21.3. The smallest absolute Gasteiger partial charge is 0.261 e. The summed E-state index contributed by atoms with van der Waals surface area (Å²) in [5.41, 5.74) is 0.659. The molecular weight excluding hydrogens is 404 g/mol. The maximum absolute atomic E-state index is 12.7. The molecule has 0 aliphatic carbocycles. The number of hydrogen-bond acceptors (Lipinski definition) is 6. The van der Waals surface area contributed by atoms with E-state index in [0.29, 0.717) is 35.4 Å². The third-order valence-corrected chi connectivity index (χ3v) is 5.53. The van der Waals surface area contributed by atoms with Crippen LogP contribution in [0.1, 0.15) is 13.3 Å². The molecule has 160 valence electrons. The van der Waals surface area contributed by atoms with Crippen LogP contribution in [0.25, 0.3) is 0 Å². The molecule has 1 aliphatic heterocycles. The fourth-order valence-electron chi connectivity index (χ4n) is 2.89. The van der Waals surface area contributed by atoms with Gasteiger partial charge in [-0.05, 0) is 55.0 Å². The molecule has 1 unspecified atom stereocenters. The van der Waals surface area contributed by atoms with Crippen LogP contribution in [0.4, 0.5) is 5.69 Å². The minimum atomic E-state index is -0.530. The van der Waals surface area contributed by atoms with Crippen LogP contribution in [0.3, 0.4) is 0 Å². The second-order valence-electron chi connectivity index (χ2n) is 6.71. The van der Waals surface area contributed by atoms with E-state index in [9.17, 15) is 9.59 Å². The minimum Gasteiger partial charge on any atom is -0.497 e. The summed E-state index contributed by atoms with van der Waals surface area (Å²) in [7, 11) is 1.59. The van der Waals surface area contributed by atoms with Gasteiger partial charge >= 0.3 is 0 Å². The number of hydrogen-bond donors (Lipinski definition) is 1. The summed E-state index contributed by atoms with van der Waals surface area (Å²) >= 11 is 1.55. The van der Waals surface area contributed by atoms with Gasteiger partial charge in [0.2, 0.25) is 5.91 Å². The third kappa shape index (κ3) is 5.82. The maximum Gasteiger partial charge on any atom is 0.261 e. The number of amides is 2. The van der Waals surface area contributed by atoms with Crippen molar-refractivity contribution in [2.24, 2.45) is 0 Å². The summed E-state index contributed by atoms with van der Waals surface area (Å²) < 4.78 is 16.3.